The van der Waals surface area contributed by atoms with Crippen molar-refractivity contribution in [3.05, 3.63) is 24.0 Å². The second-order valence-corrected chi connectivity index (χ2v) is 4.50. The summed E-state index contributed by atoms with van der Waals surface area (Å²) in [5, 5.41) is 3.36. The summed E-state index contributed by atoms with van der Waals surface area (Å²) in [6.45, 7) is 2.02. The van der Waals surface area contributed by atoms with Crippen LogP contribution < -0.4 is 10.1 Å². The van der Waals surface area contributed by atoms with Gasteiger partial charge in [-0.15, -0.1) is 0 Å². The van der Waals surface area contributed by atoms with E-state index in [0.717, 1.165) is 43.8 Å². The molecule has 0 unspecified atom stereocenters. The van der Waals surface area contributed by atoms with E-state index < -0.39 is 0 Å². The van der Waals surface area contributed by atoms with Crippen molar-refractivity contribution in [1.29, 1.82) is 0 Å². The van der Waals surface area contributed by atoms with Gasteiger partial charge in [0.15, 0.2) is 0 Å². The third-order valence-corrected chi connectivity index (χ3v) is 3.47. The van der Waals surface area contributed by atoms with Crippen molar-refractivity contribution < 1.29 is 9.47 Å². The first-order chi connectivity index (χ1) is 8.28. The summed E-state index contributed by atoms with van der Waals surface area (Å²) in [7, 11) is 3.47. The number of methoxy groups -OCH3 is 2. The number of hydrogen-bond donors (Lipinski definition) is 1. The molecule has 94 valence electrons. The Hall–Kier alpha value is -1.13. The molecule has 1 N–H and O–H groups in total. The molecule has 0 radical (unpaired) electrons. The molecule has 0 bridgehead atoms. The summed E-state index contributed by atoms with van der Waals surface area (Å²) < 4.78 is 11.0. The van der Waals surface area contributed by atoms with Gasteiger partial charge in [-0.1, -0.05) is 0 Å². The van der Waals surface area contributed by atoms with Crippen molar-refractivity contribution in [2.24, 2.45) is 0 Å². The Morgan fingerprint density at radius 2 is 2.12 bits per heavy atom. The van der Waals surface area contributed by atoms with Gasteiger partial charge < -0.3 is 14.8 Å². The highest BCUT2D eigenvalue weighted by Crippen LogP contribution is 2.27. The average molecular weight is 236 g/mol. The monoisotopic (exact) mass is 236 g/mol. The number of piperidine rings is 1. The molecule has 1 aromatic rings. The van der Waals surface area contributed by atoms with Crippen LogP contribution >= 0.6 is 0 Å². The minimum absolute atomic E-state index is 0.0649. The fourth-order valence-electron chi connectivity index (χ4n) is 2.35. The molecule has 4 nitrogen and oxygen atoms in total. The first-order valence-electron chi connectivity index (χ1n) is 6.03. The Kier molecular flexibility index (Phi) is 3.97. The van der Waals surface area contributed by atoms with E-state index in [0.29, 0.717) is 0 Å². The fraction of sp³-hybridized carbons (Fsp3) is 0.615. The van der Waals surface area contributed by atoms with Gasteiger partial charge in [0.1, 0.15) is 5.75 Å². The predicted molar refractivity (Wildman–Crippen MR) is 66.3 cm³/mol. The van der Waals surface area contributed by atoms with Crippen LogP contribution in [0.1, 0.15) is 18.5 Å². The highest BCUT2D eigenvalue weighted by atomic mass is 16.5. The van der Waals surface area contributed by atoms with Crippen molar-refractivity contribution >= 4 is 0 Å². The van der Waals surface area contributed by atoms with Crippen LogP contribution in [0.4, 0.5) is 0 Å². The highest BCUT2D eigenvalue weighted by Gasteiger charge is 2.32. The van der Waals surface area contributed by atoms with Gasteiger partial charge in [0, 0.05) is 31.5 Å². The van der Waals surface area contributed by atoms with Crippen LogP contribution in [0.3, 0.4) is 0 Å². The van der Waals surface area contributed by atoms with Crippen LogP contribution in [-0.4, -0.2) is 37.9 Å². The Labute approximate surface area is 102 Å². The normalized spacial score (nSPS) is 18.9. The van der Waals surface area contributed by atoms with Gasteiger partial charge in [-0.3, -0.25) is 4.98 Å². The molecule has 1 aliphatic rings. The molecule has 1 aromatic heterocycles. The lowest BCUT2D eigenvalue weighted by Crippen LogP contribution is -2.45. The number of nitrogens with zero attached hydrogens (tertiary/aromatic N) is 1. The lowest BCUT2D eigenvalue weighted by Gasteiger charge is -2.36. The number of aromatic nitrogens is 1. The van der Waals surface area contributed by atoms with E-state index in [1.165, 1.54) is 0 Å². The van der Waals surface area contributed by atoms with Gasteiger partial charge in [-0.2, -0.15) is 0 Å². The van der Waals surface area contributed by atoms with Gasteiger partial charge in [-0.05, 0) is 32.0 Å². The molecule has 1 aliphatic heterocycles. The maximum atomic E-state index is 5.74. The Morgan fingerprint density at radius 1 is 1.35 bits per heavy atom. The average Bonchev–Trinajstić information content (AvgIpc) is 2.40. The van der Waals surface area contributed by atoms with Gasteiger partial charge in [0.25, 0.3) is 0 Å². The molecule has 17 heavy (non-hydrogen) atoms. The third-order valence-electron chi connectivity index (χ3n) is 3.47. The topological polar surface area (TPSA) is 43.4 Å². The zero-order valence-electron chi connectivity index (χ0n) is 10.5. The molecular formula is C13H20N2O2. The van der Waals surface area contributed by atoms with Crippen LogP contribution in [-0.2, 0) is 11.2 Å². The standard InChI is InChI=1S/C13H20N2O2/c1-16-12-3-6-15-11(9-12)10-13(17-2)4-7-14-8-5-13/h3,6,9,14H,4-5,7-8,10H2,1-2H3. The lowest BCUT2D eigenvalue weighted by molar-refractivity contribution is -0.0340. The van der Waals surface area contributed by atoms with E-state index in [2.05, 4.69) is 10.3 Å². The first kappa shape index (κ1) is 12.3. The van der Waals surface area contributed by atoms with Crippen LogP contribution in [0.15, 0.2) is 18.3 Å². The van der Waals surface area contributed by atoms with E-state index in [-0.39, 0.29) is 5.60 Å². The minimum Gasteiger partial charge on any atom is -0.497 e. The molecule has 0 spiro atoms. The molecule has 2 heterocycles. The van der Waals surface area contributed by atoms with Crippen LogP contribution in [0.5, 0.6) is 5.75 Å². The number of ether oxygens (including phenoxy) is 2. The minimum atomic E-state index is -0.0649. The summed E-state index contributed by atoms with van der Waals surface area (Å²) in [5.41, 5.74) is 0.970. The smallest absolute Gasteiger partial charge is 0.122 e. The van der Waals surface area contributed by atoms with Crippen molar-refractivity contribution in [2.45, 2.75) is 24.9 Å². The zero-order chi connectivity index (χ0) is 12.1. The predicted octanol–water partition coefficient (Wildman–Crippen LogP) is 1.40. The molecule has 0 amide bonds. The summed E-state index contributed by atoms with van der Waals surface area (Å²) in [6.07, 6.45) is 4.70. The summed E-state index contributed by atoms with van der Waals surface area (Å²) >= 11 is 0. The Balaban J connectivity index is 2.11. The SMILES string of the molecule is COc1ccnc(CC2(OC)CCNCC2)c1. The van der Waals surface area contributed by atoms with E-state index in [1.807, 2.05) is 12.1 Å². The summed E-state index contributed by atoms with van der Waals surface area (Å²) in [4.78, 5) is 4.39. The molecule has 0 aliphatic carbocycles. The van der Waals surface area contributed by atoms with Gasteiger partial charge in [0.2, 0.25) is 0 Å². The highest BCUT2D eigenvalue weighted by molar-refractivity contribution is 5.23. The fourth-order valence-corrected chi connectivity index (χ4v) is 2.35. The number of nitrogens with one attached hydrogen (secondary N) is 1. The lowest BCUT2D eigenvalue weighted by atomic mass is 9.87. The maximum Gasteiger partial charge on any atom is 0.122 e. The van der Waals surface area contributed by atoms with Gasteiger partial charge >= 0.3 is 0 Å². The second-order valence-electron chi connectivity index (χ2n) is 4.50. The maximum absolute atomic E-state index is 5.74. The molecule has 1 fully saturated rings. The molecule has 0 saturated carbocycles. The van der Waals surface area contributed by atoms with E-state index in [9.17, 15) is 0 Å². The molecule has 0 aromatic carbocycles. The Morgan fingerprint density at radius 3 is 2.76 bits per heavy atom. The molecular weight excluding hydrogens is 216 g/mol. The first-order valence-corrected chi connectivity index (χ1v) is 6.03. The zero-order valence-corrected chi connectivity index (χ0v) is 10.5. The number of pyridine rings is 1. The van der Waals surface area contributed by atoms with Crippen LogP contribution in [0.25, 0.3) is 0 Å². The van der Waals surface area contributed by atoms with E-state index in [1.54, 1.807) is 20.4 Å². The Bertz CT molecular complexity index is 362. The van der Waals surface area contributed by atoms with Crippen molar-refractivity contribution in [2.75, 3.05) is 27.3 Å². The van der Waals surface area contributed by atoms with Crippen LogP contribution in [0.2, 0.25) is 0 Å². The van der Waals surface area contributed by atoms with Crippen LogP contribution in [0, 0.1) is 0 Å². The third kappa shape index (κ3) is 2.96. The quantitative estimate of drug-likeness (QED) is 0.858. The molecule has 4 heteroatoms. The van der Waals surface area contributed by atoms with Gasteiger partial charge in [0.05, 0.1) is 12.7 Å². The van der Waals surface area contributed by atoms with Crippen molar-refractivity contribution in [3.8, 4) is 5.75 Å². The van der Waals surface area contributed by atoms with Crippen molar-refractivity contribution in [3.63, 3.8) is 0 Å². The van der Waals surface area contributed by atoms with E-state index in [4.69, 9.17) is 9.47 Å². The number of rotatable bonds is 4. The van der Waals surface area contributed by atoms with Crippen molar-refractivity contribution in [1.82, 2.24) is 10.3 Å². The number of hydrogen-bond acceptors (Lipinski definition) is 4. The molecule has 1 saturated heterocycles. The molecule has 2 rings (SSSR count). The molecule has 0 atom stereocenters. The largest absolute Gasteiger partial charge is 0.497 e. The summed E-state index contributed by atoms with van der Waals surface area (Å²) in [5.74, 6) is 0.857. The van der Waals surface area contributed by atoms with E-state index >= 15 is 0 Å². The summed E-state index contributed by atoms with van der Waals surface area (Å²) in [6, 6.07) is 3.86. The second kappa shape index (κ2) is 5.47. The van der Waals surface area contributed by atoms with Gasteiger partial charge in [-0.25, -0.2) is 0 Å².